The van der Waals surface area contributed by atoms with Gasteiger partial charge in [-0.1, -0.05) is 35.3 Å². The van der Waals surface area contributed by atoms with Crippen molar-refractivity contribution < 1.29 is 19.1 Å². The summed E-state index contributed by atoms with van der Waals surface area (Å²) < 4.78 is 12.7. The summed E-state index contributed by atoms with van der Waals surface area (Å²) in [6.45, 7) is 9.43. The fourth-order valence-electron chi connectivity index (χ4n) is 5.35. The minimum atomic E-state index is -0.802. The minimum Gasteiger partial charge on any atom is -0.490 e. The summed E-state index contributed by atoms with van der Waals surface area (Å²) >= 11 is 12.6. The molecule has 9 heteroatoms. The van der Waals surface area contributed by atoms with E-state index in [0.29, 0.717) is 43.6 Å². The van der Waals surface area contributed by atoms with Crippen LogP contribution < -0.4 is 10.1 Å². The molecule has 2 aliphatic rings. The van der Waals surface area contributed by atoms with Gasteiger partial charge in [0.2, 0.25) is 11.8 Å². The number of amides is 2. The Morgan fingerprint density at radius 1 is 1.11 bits per heavy atom. The van der Waals surface area contributed by atoms with Crippen molar-refractivity contribution in [3.8, 4) is 5.75 Å². The number of carbonyl (C=O) groups excluding carboxylic acids is 2. The van der Waals surface area contributed by atoms with Crippen LogP contribution >= 0.6 is 23.2 Å². The number of aryl methyl sites for hydroxylation is 2. The van der Waals surface area contributed by atoms with Crippen LogP contribution in [0.1, 0.15) is 42.9 Å². The van der Waals surface area contributed by atoms with E-state index in [-0.39, 0.29) is 30.9 Å². The first-order valence-electron chi connectivity index (χ1n) is 13.2. The van der Waals surface area contributed by atoms with Crippen LogP contribution in [0.25, 0.3) is 0 Å². The average molecular weight is 563 g/mol. The summed E-state index contributed by atoms with van der Waals surface area (Å²) in [6.07, 6.45) is 1.72. The zero-order valence-corrected chi connectivity index (χ0v) is 23.9. The number of carbonyl (C=O) groups is 2. The van der Waals surface area contributed by atoms with Gasteiger partial charge in [0.05, 0.1) is 13.0 Å². The minimum absolute atomic E-state index is 0.0334. The van der Waals surface area contributed by atoms with Crippen LogP contribution in [0.2, 0.25) is 10.0 Å². The van der Waals surface area contributed by atoms with Gasteiger partial charge in [0, 0.05) is 55.7 Å². The summed E-state index contributed by atoms with van der Waals surface area (Å²) in [5.41, 5.74) is 2.20. The first-order valence-corrected chi connectivity index (χ1v) is 13.9. The predicted molar refractivity (Wildman–Crippen MR) is 150 cm³/mol. The van der Waals surface area contributed by atoms with Crippen molar-refractivity contribution >= 4 is 35.0 Å². The van der Waals surface area contributed by atoms with Gasteiger partial charge < -0.3 is 19.7 Å². The van der Waals surface area contributed by atoms with E-state index in [4.69, 9.17) is 32.7 Å². The molecule has 206 valence electrons. The van der Waals surface area contributed by atoms with Crippen molar-refractivity contribution in [3.63, 3.8) is 0 Å². The Kier molecular flexibility index (Phi) is 9.58. The summed E-state index contributed by atoms with van der Waals surface area (Å²) in [7, 11) is 0. The maximum atomic E-state index is 13.5. The Hall–Kier alpha value is -2.32. The molecule has 0 radical (unpaired) electrons. The number of morpholine rings is 1. The fraction of sp³-hybridized carbons (Fsp3) is 0.517. The molecule has 2 fully saturated rings. The van der Waals surface area contributed by atoms with E-state index < -0.39 is 5.60 Å². The molecule has 1 atom stereocenters. The maximum Gasteiger partial charge on any atom is 0.225 e. The van der Waals surface area contributed by atoms with Crippen molar-refractivity contribution in [1.82, 2.24) is 15.1 Å². The van der Waals surface area contributed by atoms with Gasteiger partial charge in [-0.25, -0.2) is 0 Å². The standard InChI is InChI=1S/C29H37Cl2N3O4/c1-20-13-26(14-21(2)28(20)31)37-19-29(16-27(36)34-9-7-25(8-10-34)32-22(3)35)18-33(11-12-38-29)17-23-5-4-6-24(30)15-23/h4-6,13-15,25H,7-12,16-19H2,1-3H3,(H,32,35)/t29-/m1/s1. The molecule has 2 heterocycles. The number of piperidine rings is 1. The number of likely N-dealkylation sites (tertiary alicyclic amines) is 1. The Morgan fingerprint density at radius 3 is 2.47 bits per heavy atom. The van der Waals surface area contributed by atoms with Crippen LogP contribution in [0.3, 0.4) is 0 Å². The molecule has 2 saturated heterocycles. The third kappa shape index (κ3) is 7.63. The lowest BCUT2D eigenvalue weighted by atomic mass is 9.95. The molecule has 0 spiro atoms. The number of hydrogen-bond donors (Lipinski definition) is 1. The van der Waals surface area contributed by atoms with Crippen LogP contribution in [0.4, 0.5) is 0 Å². The number of hydrogen-bond acceptors (Lipinski definition) is 5. The van der Waals surface area contributed by atoms with Gasteiger partial charge in [0.1, 0.15) is 18.0 Å². The highest BCUT2D eigenvalue weighted by atomic mass is 35.5. The molecule has 4 rings (SSSR count). The van der Waals surface area contributed by atoms with E-state index in [1.54, 1.807) is 0 Å². The number of nitrogens with one attached hydrogen (secondary N) is 1. The Bertz CT molecular complexity index is 1130. The smallest absolute Gasteiger partial charge is 0.225 e. The van der Waals surface area contributed by atoms with Gasteiger partial charge in [-0.05, 0) is 67.6 Å². The SMILES string of the molecule is CC(=O)NC1CCN(C(=O)C[C@]2(COc3cc(C)c(Cl)c(C)c3)CN(Cc3cccc(Cl)c3)CCO2)CC1. The topological polar surface area (TPSA) is 71.1 Å². The monoisotopic (exact) mass is 561 g/mol. The molecule has 0 aromatic heterocycles. The van der Waals surface area contributed by atoms with Crippen molar-refractivity contribution in [2.75, 3.05) is 39.4 Å². The fourth-order valence-corrected chi connectivity index (χ4v) is 5.67. The van der Waals surface area contributed by atoms with Gasteiger partial charge in [-0.15, -0.1) is 0 Å². The molecule has 2 aromatic carbocycles. The second kappa shape index (κ2) is 12.7. The second-order valence-electron chi connectivity index (χ2n) is 10.6. The number of benzene rings is 2. The zero-order valence-electron chi connectivity index (χ0n) is 22.4. The maximum absolute atomic E-state index is 13.5. The van der Waals surface area contributed by atoms with E-state index in [2.05, 4.69) is 16.3 Å². The Balaban J connectivity index is 1.48. The Morgan fingerprint density at radius 2 is 1.82 bits per heavy atom. The lowest BCUT2D eigenvalue weighted by Crippen LogP contribution is -2.57. The number of nitrogens with zero attached hydrogens (tertiary/aromatic N) is 2. The van der Waals surface area contributed by atoms with Crippen molar-refractivity contribution in [1.29, 1.82) is 0 Å². The van der Waals surface area contributed by atoms with Crippen LogP contribution in [0, 0.1) is 13.8 Å². The van der Waals surface area contributed by atoms with Crippen molar-refractivity contribution in [2.45, 2.75) is 58.2 Å². The molecule has 7 nitrogen and oxygen atoms in total. The first-order chi connectivity index (χ1) is 18.1. The molecule has 0 bridgehead atoms. The number of halogens is 2. The summed E-state index contributed by atoms with van der Waals surface area (Å²) in [5, 5.41) is 4.40. The largest absolute Gasteiger partial charge is 0.490 e. The van der Waals surface area contributed by atoms with Crippen LogP contribution in [-0.4, -0.2) is 72.6 Å². The summed E-state index contributed by atoms with van der Waals surface area (Å²) in [4.78, 5) is 29.1. The number of rotatable bonds is 8. The molecular formula is C29H37Cl2N3O4. The molecular weight excluding hydrogens is 525 g/mol. The highest BCUT2D eigenvalue weighted by Crippen LogP contribution is 2.30. The second-order valence-corrected chi connectivity index (χ2v) is 11.4. The third-order valence-electron chi connectivity index (χ3n) is 7.26. The molecule has 2 aromatic rings. The zero-order chi connectivity index (χ0) is 27.3. The van der Waals surface area contributed by atoms with Crippen LogP contribution in [0.15, 0.2) is 36.4 Å². The molecule has 2 amide bonds. The van der Waals surface area contributed by atoms with E-state index in [0.717, 1.165) is 41.1 Å². The molecule has 1 N–H and O–H groups in total. The molecule has 0 saturated carbocycles. The normalized spacial score (nSPS) is 20.8. The van der Waals surface area contributed by atoms with E-state index in [1.807, 2.05) is 49.1 Å². The average Bonchev–Trinajstić information content (AvgIpc) is 2.86. The summed E-state index contributed by atoms with van der Waals surface area (Å²) in [5.74, 6) is 0.722. The van der Waals surface area contributed by atoms with E-state index in [1.165, 1.54) is 6.92 Å². The van der Waals surface area contributed by atoms with Crippen LogP contribution in [0.5, 0.6) is 5.75 Å². The van der Waals surface area contributed by atoms with Gasteiger partial charge in [0.25, 0.3) is 0 Å². The third-order valence-corrected chi connectivity index (χ3v) is 8.09. The van der Waals surface area contributed by atoms with Gasteiger partial charge >= 0.3 is 0 Å². The molecule has 38 heavy (non-hydrogen) atoms. The summed E-state index contributed by atoms with van der Waals surface area (Å²) in [6, 6.07) is 11.8. The predicted octanol–water partition coefficient (Wildman–Crippen LogP) is 4.78. The van der Waals surface area contributed by atoms with Crippen molar-refractivity contribution in [2.24, 2.45) is 0 Å². The van der Waals surface area contributed by atoms with Gasteiger partial charge in [0.15, 0.2) is 0 Å². The van der Waals surface area contributed by atoms with E-state index in [9.17, 15) is 9.59 Å². The lowest BCUT2D eigenvalue weighted by molar-refractivity contribution is -0.157. The lowest BCUT2D eigenvalue weighted by Gasteiger charge is -2.43. The van der Waals surface area contributed by atoms with Gasteiger partial charge in [-0.2, -0.15) is 0 Å². The number of ether oxygens (including phenoxy) is 2. The van der Waals surface area contributed by atoms with Crippen LogP contribution in [-0.2, 0) is 20.9 Å². The first kappa shape index (κ1) is 28.7. The highest BCUT2D eigenvalue weighted by molar-refractivity contribution is 6.32. The van der Waals surface area contributed by atoms with Gasteiger partial charge in [-0.3, -0.25) is 14.5 Å². The molecule has 0 unspecified atom stereocenters. The Labute approximate surface area is 235 Å². The molecule has 0 aliphatic carbocycles. The highest BCUT2D eigenvalue weighted by Gasteiger charge is 2.41. The van der Waals surface area contributed by atoms with Crippen molar-refractivity contribution in [3.05, 3.63) is 63.1 Å². The quantitative estimate of drug-likeness (QED) is 0.502. The van der Waals surface area contributed by atoms with E-state index >= 15 is 0 Å². The molecule has 2 aliphatic heterocycles.